The minimum Gasteiger partial charge on any atom is -0.387 e. The van der Waals surface area contributed by atoms with Gasteiger partial charge < -0.3 is 21.1 Å². The summed E-state index contributed by atoms with van der Waals surface area (Å²) in [7, 11) is -4.31. The normalized spacial score (nSPS) is 15.0. The number of carbonyl (C=O) groups excluding carboxylic acids is 1. The highest BCUT2D eigenvalue weighted by Crippen LogP contribution is 2.43. The van der Waals surface area contributed by atoms with Crippen molar-refractivity contribution in [2.24, 2.45) is 5.73 Å². The number of carbonyl (C=O) groups is 1. The summed E-state index contributed by atoms with van der Waals surface area (Å²) in [6, 6.07) is -0.849. The van der Waals surface area contributed by atoms with Gasteiger partial charge in [-0.15, -0.1) is 0 Å². The SMILES string of the molecule is CCCCCCCC/C=C/C(O)C(COP(=O)(O)OCCN)NC(=O)CCCCCCCCCCCCC. The first kappa shape index (κ1) is 37.2. The molecule has 0 saturated heterocycles. The number of unbranched alkanes of at least 4 members (excludes halogenated alkanes) is 16. The fourth-order valence-electron chi connectivity index (χ4n) is 4.25. The number of hydrogen-bond acceptors (Lipinski definition) is 6. The van der Waals surface area contributed by atoms with E-state index in [1.807, 2.05) is 6.08 Å². The first-order valence-electron chi connectivity index (χ1n) is 15.3. The standard InChI is InChI=1S/C29H59N2O6P/c1-3-5-7-9-11-13-14-15-17-19-21-23-29(33)31-27(26-37-38(34,35)36-25-24-30)28(32)22-20-18-16-12-10-8-6-4-2/h20,22,27-28,32H,3-19,21,23-26,30H2,1-2H3,(H,31,33)(H,34,35)/b22-20+. The molecule has 0 aromatic rings. The topological polar surface area (TPSA) is 131 Å². The monoisotopic (exact) mass is 562 g/mol. The maximum atomic E-state index is 12.5. The summed E-state index contributed by atoms with van der Waals surface area (Å²) in [4.78, 5) is 22.3. The Balaban J connectivity index is 4.43. The van der Waals surface area contributed by atoms with Crippen molar-refractivity contribution >= 4 is 13.7 Å². The van der Waals surface area contributed by atoms with E-state index in [-0.39, 0.29) is 25.7 Å². The Labute approximate surface area is 233 Å². The van der Waals surface area contributed by atoms with Crippen molar-refractivity contribution in [3.63, 3.8) is 0 Å². The van der Waals surface area contributed by atoms with Crippen molar-refractivity contribution in [3.8, 4) is 0 Å². The van der Waals surface area contributed by atoms with Gasteiger partial charge in [0.05, 0.1) is 25.4 Å². The van der Waals surface area contributed by atoms with Crippen LogP contribution in [0, 0.1) is 0 Å². The number of phosphoric acid groups is 1. The number of rotatable bonds is 28. The van der Waals surface area contributed by atoms with Crippen LogP contribution in [0.3, 0.4) is 0 Å². The smallest absolute Gasteiger partial charge is 0.387 e. The first-order chi connectivity index (χ1) is 18.4. The predicted octanol–water partition coefficient (Wildman–Crippen LogP) is 6.93. The van der Waals surface area contributed by atoms with E-state index < -0.39 is 20.0 Å². The van der Waals surface area contributed by atoms with E-state index in [9.17, 15) is 19.4 Å². The molecular weight excluding hydrogens is 503 g/mol. The summed E-state index contributed by atoms with van der Waals surface area (Å²) in [6.07, 6.45) is 24.1. The summed E-state index contributed by atoms with van der Waals surface area (Å²) in [6.45, 7) is 4.05. The maximum absolute atomic E-state index is 12.5. The summed E-state index contributed by atoms with van der Waals surface area (Å²) in [5, 5.41) is 13.4. The lowest BCUT2D eigenvalue weighted by Crippen LogP contribution is -2.45. The molecule has 0 bridgehead atoms. The summed E-state index contributed by atoms with van der Waals surface area (Å²) in [5.41, 5.74) is 5.31. The summed E-state index contributed by atoms with van der Waals surface area (Å²) >= 11 is 0. The minimum atomic E-state index is -4.31. The van der Waals surface area contributed by atoms with Gasteiger partial charge >= 0.3 is 7.82 Å². The number of hydrogen-bond donors (Lipinski definition) is 4. The number of allylic oxidation sites excluding steroid dienone is 1. The second-order valence-corrected chi connectivity index (χ2v) is 11.8. The molecule has 0 heterocycles. The molecular formula is C29H59N2O6P. The molecule has 0 rings (SSSR count). The Morgan fingerprint density at radius 1 is 0.842 bits per heavy atom. The van der Waals surface area contributed by atoms with Crippen LogP contribution in [0.25, 0.3) is 0 Å². The number of aliphatic hydroxyl groups is 1. The maximum Gasteiger partial charge on any atom is 0.472 e. The Hall–Kier alpha value is -0.760. The Bertz CT molecular complexity index is 620. The zero-order valence-electron chi connectivity index (χ0n) is 24.4. The predicted molar refractivity (Wildman–Crippen MR) is 157 cm³/mol. The van der Waals surface area contributed by atoms with E-state index in [1.54, 1.807) is 6.08 Å². The average Bonchev–Trinajstić information content (AvgIpc) is 2.89. The van der Waals surface area contributed by atoms with Crippen LogP contribution in [-0.2, 0) is 18.4 Å². The lowest BCUT2D eigenvalue weighted by atomic mass is 10.0. The van der Waals surface area contributed by atoms with Gasteiger partial charge in [0.15, 0.2) is 0 Å². The van der Waals surface area contributed by atoms with E-state index in [2.05, 4.69) is 19.2 Å². The van der Waals surface area contributed by atoms with Crippen LogP contribution in [0.4, 0.5) is 0 Å². The number of nitrogens with two attached hydrogens (primary N) is 1. The molecule has 8 nitrogen and oxygen atoms in total. The van der Waals surface area contributed by atoms with Gasteiger partial charge in [-0.2, -0.15) is 0 Å². The van der Waals surface area contributed by atoms with Gasteiger partial charge in [-0.05, 0) is 19.3 Å². The molecule has 0 aromatic carbocycles. The zero-order valence-corrected chi connectivity index (χ0v) is 25.3. The molecule has 0 aliphatic rings. The second kappa shape index (κ2) is 26.5. The van der Waals surface area contributed by atoms with Crippen LogP contribution in [0.1, 0.15) is 136 Å². The molecule has 5 N–H and O–H groups in total. The molecule has 226 valence electrons. The third-order valence-electron chi connectivity index (χ3n) is 6.61. The van der Waals surface area contributed by atoms with Crippen molar-refractivity contribution in [1.82, 2.24) is 5.32 Å². The summed E-state index contributed by atoms with van der Waals surface area (Å²) < 4.78 is 21.8. The zero-order chi connectivity index (χ0) is 28.3. The van der Waals surface area contributed by atoms with E-state index in [0.29, 0.717) is 6.42 Å². The van der Waals surface area contributed by atoms with Crippen molar-refractivity contribution in [3.05, 3.63) is 12.2 Å². The van der Waals surface area contributed by atoms with E-state index in [4.69, 9.17) is 14.8 Å². The van der Waals surface area contributed by atoms with Gasteiger partial charge in [0.25, 0.3) is 0 Å². The van der Waals surface area contributed by atoms with Crippen molar-refractivity contribution in [2.75, 3.05) is 19.8 Å². The molecule has 0 fully saturated rings. The number of amides is 1. The van der Waals surface area contributed by atoms with Gasteiger partial charge in [-0.3, -0.25) is 13.8 Å². The molecule has 0 aliphatic carbocycles. The molecule has 1 amide bonds. The lowest BCUT2D eigenvalue weighted by Gasteiger charge is -2.23. The molecule has 38 heavy (non-hydrogen) atoms. The highest BCUT2D eigenvalue weighted by molar-refractivity contribution is 7.47. The van der Waals surface area contributed by atoms with Gasteiger partial charge in [-0.1, -0.05) is 122 Å². The Morgan fingerprint density at radius 3 is 1.87 bits per heavy atom. The van der Waals surface area contributed by atoms with Crippen LogP contribution >= 0.6 is 7.82 Å². The largest absolute Gasteiger partial charge is 0.472 e. The molecule has 0 spiro atoms. The van der Waals surface area contributed by atoms with Crippen LogP contribution in [0.15, 0.2) is 12.2 Å². The van der Waals surface area contributed by atoms with Crippen molar-refractivity contribution in [2.45, 2.75) is 148 Å². The molecule has 9 heteroatoms. The molecule has 0 aliphatic heterocycles. The van der Waals surface area contributed by atoms with Gasteiger partial charge in [0.1, 0.15) is 0 Å². The third-order valence-corrected chi connectivity index (χ3v) is 7.60. The average molecular weight is 563 g/mol. The number of phosphoric ester groups is 1. The molecule has 3 atom stereocenters. The fourth-order valence-corrected chi connectivity index (χ4v) is 5.01. The van der Waals surface area contributed by atoms with Crippen molar-refractivity contribution < 1.29 is 28.4 Å². The van der Waals surface area contributed by atoms with E-state index >= 15 is 0 Å². The Morgan fingerprint density at radius 2 is 1.34 bits per heavy atom. The van der Waals surface area contributed by atoms with Gasteiger partial charge in [0.2, 0.25) is 5.91 Å². The molecule has 3 unspecified atom stereocenters. The summed E-state index contributed by atoms with van der Waals surface area (Å²) in [5.74, 6) is -0.200. The van der Waals surface area contributed by atoms with Gasteiger partial charge in [-0.25, -0.2) is 4.57 Å². The third kappa shape index (κ3) is 24.3. The molecule has 0 saturated carbocycles. The first-order valence-corrected chi connectivity index (χ1v) is 16.8. The van der Waals surface area contributed by atoms with Crippen LogP contribution in [0.2, 0.25) is 0 Å². The lowest BCUT2D eigenvalue weighted by molar-refractivity contribution is -0.123. The Kier molecular flexibility index (Phi) is 25.9. The van der Waals surface area contributed by atoms with Crippen LogP contribution in [0.5, 0.6) is 0 Å². The quantitative estimate of drug-likeness (QED) is 0.0462. The highest BCUT2D eigenvalue weighted by atomic mass is 31.2. The van der Waals surface area contributed by atoms with E-state index in [1.165, 1.54) is 77.0 Å². The van der Waals surface area contributed by atoms with Crippen LogP contribution < -0.4 is 11.1 Å². The van der Waals surface area contributed by atoms with Crippen LogP contribution in [-0.4, -0.2) is 47.8 Å². The molecule has 0 aromatic heterocycles. The fraction of sp³-hybridized carbons (Fsp3) is 0.897. The number of aliphatic hydroxyl groups excluding tert-OH is 1. The van der Waals surface area contributed by atoms with Gasteiger partial charge in [0, 0.05) is 13.0 Å². The minimum absolute atomic E-state index is 0.0802. The number of nitrogens with one attached hydrogen (secondary N) is 1. The van der Waals surface area contributed by atoms with E-state index in [0.717, 1.165) is 38.5 Å². The van der Waals surface area contributed by atoms with Crippen molar-refractivity contribution in [1.29, 1.82) is 0 Å². The highest BCUT2D eigenvalue weighted by Gasteiger charge is 2.26. The molecule has 0 radical (unpaired) electrons. The second-order valence-electron chi connectivity index (χ2n) is 10.3.